The van der Waals surface area contributed by atoms with E-state index in [0.29, 0.717) is 36.8 Å². The molecule has 1 aliphatic carbocycles. The summed E-state index contributed by atoms with van der Waals surface area (Å²) in [5.41, 5.74) is 4.81. The van der Waals surface area contributed by atoms with E-state index in [1.807, 2.05) is 40.9 Å². The van der Waals surface area contributed by atoms with Crippen molar-refractivity contribution in [3.05, 3.63) is 72.1 Å². The summed E-state index contributed by atoms with van der Waals surface area (Å²) in [7, 11) is 0. The molecule has 2 unspecified atom stereocenters. The third-order valence-electron chi connectivity index (χ3n) is 6.48. The Balaban J connectivity index is 1.39. The number of aromatic nitrogens is 4. The number of carbonyl (C=O) groups is 1. The van der Waals surface area contributed by atoms with Crippen molar-refractivity contribution in [2.24, 2.45) is 16.1 Å². The molecule has 1 aromatic carbocycles. The second-order valence-corrected chi connectivity index (χ2v) is 8.81. The van der Waals surface area contributed by atoms with Gasteiger partial charge in [0, 0.05) is 55.0 Å². The van der Waals surface area contributed by atoms with Crippen LogP contribution in [0.3, 0.4) is 0 Å². The molecular formula is C25H23N7O. The smallest absolute Gasteiger partial charge is 0.179 e. The minimum atomic E-state index is 0.111. The number of aryl methyl sites for hydroxylation is 1. The van der Waals surface area contributed by atoms with Crippen molar-refractivity contribution in [2.45, 2.75) is 32.4 Å². The SMILES string of the molecule is Cc1cccc(CN=Nc2cc(N3CC4CC3CC4=O)n3nc(-c4ccncc4)cc3n2)c1. The lowest BCUT2D eigenvalue weighted by atomic mass is 10.1. The summed E-state index contributed by atoms with van der Waals surface area (Å²) in [6.07, 6.45) is 5.01. The third kappa shape index (κ3) is 3.67. The molecule has 0 N–H and O–H groups in total. The summed E-state index contributed by atoms with van der Waals surface area (Å²) >= 11 is 0. The molecule has 2 fully saturated rings. The number of anilines is 1. The van der Waals surface area contributed by atoms with Gasteiger partial charge in [0.05, 0.1) is 12.2 Å². The van der Waals surface area contributed by atoms with Gasteiger partial charge in [0.2, 0.25) is 0 Å². The second kappa shape index (κ2) is 7.88. The number of pyridine rings is 1. The number of nitrogens with zero attached hydrogens (tertiary/aromatic N) is 7. The zero-order valence-corrected chi connectivity index (χ0v) is 18.3. The van der Waals surface area contributed by atoms with Gasteiger partial charge in [-0.3, -0.25) is 9.78 Å². The summed E-state index contributed by atoms with van der Waals surface area (Å²) in [6.45, 7) is 3.28. The molecule has 4 heterocycles. The molecule has 1 saturated carbocycles. The quantitative estimate of drug-likeness (QED) is 0.427. The fraction of sp³-hybridized carbons (Fsp3) is 0.280. The van der Waals surface area contributed by atoms with Crippen LogP contribution in [-0.2, 0) is 11.3 Å². The number of Topliss-reactive ketones (excluding diaryl/α,β-unsaturated/α-hetero) is 1. The molecule has 0 amide bonds. The van der Waals surface area contributed by atoms with E-state index in [0.717, 1.165) is 29.1 Å². The van der Waals surface area contributed by atoms with Gasteiger partial charge >= 0.3 is 0 Å². The molecule has 33 heavy (non-hydrogen) atoms. The standard InChI is InChI=1S/C25H23N7O/c1-16-3-2-4-17(9-16)14-27-29-23-13-25(31-15-19-10-20(31)11-22(19)33)32-24(28-23)12-21(30-32)18-5-7-26-8-6-18/h2-9,12-13,19-20H,10-11,14-15H2,1H3. The van der Waals surface area contributed by atoms with Gasteiger partial charge in [-0.1, -0.05) is 29.8 Å². The third-order valence-corrected chi connectivity index (χ3v) is 6.48. The Kier molecular flexibility index (Phi) is 4.71. The first kappa shape index (κ1) is 19.7. The van der Waals surface area contributed by atoms with Gasteiger partial charge < -0.3 is 4.90 Å². The Hall–Kier alpha value is -3.94. The van der Waals surface area contributed by atoms with Crippen molar-refractivity contribution in [1.29, 1.82) is 0 Å². The van der Waals surface area contributed by atoms with Crippen LogP contribution in [0.25, 0.3) is 16.9 Å². The van der Waals surface area contributed by atoms with Gasteiger partial charge in [-0.15, -0.1) is 5.11 Å². The Morgan fingerprint density at radius 3 is 2.76 bits per heavy atom. The summed E-state index contributed by atoms with van der Waals surface area (Å²) in [4.78, 5) is 23.2. The van der Waals surface area contributed by atoms with Crippen LogP contribution in [0.2, 0.25) is 0 Å². The van der Waals surface area contributed by atoms with Gasteiger partial charge in [-0.05, 0) is 31.0 Å². The lowest BCUT2D eigenvalue weighted by molar-refractivity contribution is -0.120. The fourth-order valence-corrected chi connectivity index (χ4v) is 4.89. The number of hydrogen-bond donors (Lipinski definition) is 0. The number of fused-ring (bicyclic) bond motifs is 3. The fourth-order valence-electron chi connectivity index (χ4n) is 4.89. The molecule has 8 nitrogen and oxygen atoms in total. The van der Waals surface area contributed by atoms with E-state index in [1.165, 1.54) is 5.56 Å². The Morgan fingerprint density at radius 2 is 2.00 bits per heavy atom. The van der Waals surface area contributed by atoms with Crippen LogP contribution >= 0.6 is 0 Å². The molecule has 0 radical (unpaired) electrons. The molecule has 4 aromatic rings. The summed E-state index contributed by atoms with van der Waals surface area (Å²) in [5.74, 6) is 1.93. The first-order chi connectivity index (χ1) is 16.1. The average molecular weight is 438 g/mol. The van der Waals surface area contributed by atoms with Crippen molar-refractivity contribution in [2.75, 3.05) is 11.4 Å². The van der Waals surface area contributed by atoms with Crippen LogP contribution in [-0.4, -0.2) is 38.0 Å². The number of carbonyl (C=O) groups excluding carboxylic acids is 1. The zero-order chi connectivity index (χ0) is 22.4. The topological polar surface area (TPSA) is 88.1 Å². The number of benzene rings is 1. The molecule has 2 aliphatic rings. The van der Waals surface area contributed by atoms with Gasteiger partial charge in [-0.2, -0.15) is 14.7 Å². The number of ketones is 1. The molecule has 3 aromatic heterocycles. The van der Waals surface area contributed by atoms with E-state index < -0.39 is 0 Å². The van der Waals surface area contributed by atoms with Crippen molar-refractivity contribution >= 4 is 23.1 Å². The Labute approximate surface area is 191 Å². The molecule has 1 saturated heterocycles. The maximum atomic E-state index is 12.1. The normalized spacial score (nSPS) is 19.9. The Morgan fingerprint density at radius 1 is 1.12 bits per heavy atom. The first-order valence-electron chi connectivity index (χ1n) is 11.2. The maximum Gasteiger partial charge on any atom is 0.179 e. The average Bonchev–Trinajstić information content (AvgIpc) is 3.53. The number of piperidine rings is 1. The summed E-state index contributed by atoms with van der Waals surface area (Å²) in [6, 6.07) is 16.2. The molecule has 8 heteroatoms. The number of azo groups is 1. The van der Waals surface area contributed by atoms with Crippen molar-refractivity contribution in [1.82, 2.24) is 19.6 Å². The van der Waals surface area contributed by atoms with Crippen LogP contribution in [0.1, 0.15) is 24.0 Å². The number of rotatable bonds is 5. The van der Waals surface area contributed by atoms with Gasteiger partial charge in [0.25, 0.3) is 0 Å². The highest BCUT2D eigenvalue weighted by atomic mass is 16.1. The van der Waals surface area contributed by atoms with E-state index in [-0.39, 0.29) is 12.0 Å². The minimum absolute atomic E-state index is 0.111. The van der Waals surface area contributed by atoms with Gasteiger partial charge in [0.1, 0.15) is 11.6 Å². The van der Waals surface area contributed by atoms with Gasteiger partial charge in [0.15, 0.2) is 11.5 Å². The van der Waals surface area contributed by atoms with Crippen molar-refractivity contribution in [3.8, 4) is 11.3 Å². The molecule has 1 aliphatic heterocycles. The maximum absolute atomic E-state index is 12.1. The monoisotopic (exact) mass is 437 g/mol. The van der Waals surface area contributed by atoms with E-state index >= 15 is 0 Å². The Bertz CT molecular complexity index is 1380. The lowest BCUT2D eigenvalue weighted by Crippen LogP contribution is -2.36. The zero-order valence-electron chi connectivity index (χ0n) is 18.3. The molecule has 0 spiro atoms. The highest BCUT2D eigenvalue weighted by Gasteiger charge is 2.44. The van der Waals surface area contributed by atoms with E-state index in [1.54, 1.807) is 12.4 Å². The first-order valence-corrected chi connectivity index (χ1v) is 11.2. The second-order valence-electron chi connectivity index (χ2n) is 8.81. The predicted octanol–water partition coefficient (Wildman–Crippen LogP) is 4.55. The molecule has 6 rings (SSSR count). The van der Waals surface area contributed by atoms with Crippen LogP contribution in [0.15, 0.2) is 71.2 Å². The van der Waals surface area contributed by atoms with E-state index in [4.69, 9.17) is 10.1 Å². The summed E-state index contributed by atoms with van der Waals surface area (Å²) in [5, 5.41) is 13.7. The largest absolute Gasteiger partial charge is 0.352 e. The highest BCUT2D eigenvalue weighted by Crippen LogP contribution is 2.39. The van der Waals surface area contributed by atoms with Crippen LogP contribution in [0, 0.1) is 12.8 Å². The molecule has 2 atom stereocenters. The predicted molar refractivity (Wildman–Crippen MR) is 124 cm³/mol. The molecule has 164 valence electrons. The molecule has 2 bridgehead atoms. The van der Waals surface area contributed by atoms with Gasteiger partial charge in [-0.25, -0.2) is 4.98 Å². The van der Waals surface area contributed by atoms with Crippen LogP contribution in [0.5, 0.6) is 0 Å². The number of hydrogen-bond acceptors (Lipinski definition) is 7. The van der Waals surface area contributed by atoms with Crippen LogP contribution in [0.4, 0.5) is 11.6 Å². The van der Waals surface area contributed by atoms with Crippen LogP contribution < -0.4 is 4.90 Å². The van der Waals surface area contributed by atoms with Crippen molar-refractivity contribution < 1.29 is 4.79 Å². The summed E-state index contributed by atoms with van der Waals surface area (Å²) < 4.78 is 1.86. The van der Waals surface area contributed by atoms with E-state index in [9.17, 15) is 4.79 Å². The molecular weight excluding hydrogens is 414 g/mol. The van der Waals surface area contributed by atoms with E-state index in [2.05, 4.69) is 39.2 Å². The van der Waals surface area contributed by atoms with Crippen molar-refractivity contribution in [3.63, 3.8) is 0 Å². The highest BCUT2D eigenvalue weighted by molar-refractivity contribution is 5.87. The minimum Gasteiger partial charge on any atom is -0.352 e. The lowest BCUT2D eigenvalue weighted by Gasteiger charge is -2.28.